The molecular weight excluding hydrogens is 226 g/mol. The van der Waals surface area contributed by atoms with Gasteiger partial charge in [0.2, 0.25) is 0 Å². The van der Waals surface area contributed by atoms with Gasteiger partial charge in [-0.15, -0.1) is 0 Å². The number of hydrazine groups is 1. The largest absolute Gasteiger partial charge is 0.353 e. The highest BCUT2D eigenvalue weighted by molar-refractivity contribution is 5.60. The van der Waals surface area contributed by atoms with E-state index >= 15 is 0 Å². The van der Waals surface area contributed by atoms with Gasteiger partial charge in [0, 0.05) is 18.2 Å². The van der Waals surface area contributed by atoms with Gasteiger partial charge in [0.05, 0.1) is 0 Å². The Morgan fingerprint density at radius 2 is 2.11 bits per heavy atom. The third-order valence-electron chi connectivity index (χ3n) is 3.63. The summed E-state index contributed by atoms with van der Waals surface area (Å²) in [5.74, 6) is 8.38. The average molecular weight is 249 g/mol. The molecule has 5 heteroatoms. The molecule has 0 spiro atoms. The smallest absolute Gasteiger partial charge is 0.148 e. The molecule has 2 heterocycles. The Balaban J connectivity index is 2.44. The minimum absolute atomic E-state index is 0.343. The topological polar surface area (TPSA) is 67.1 Å². The van der Waals surface area contributed by atoms with Crippen molar-refractivity contribution in [2.24, 2.45) is 11.8 Å². The van der Waals surface area contributed by atoms with Crippen LogP contribution in [-0.2, 0) is 0 Å². The molecule has 3 N–H and O–H groups in total. The van der Waals surface area contributed by atoms with Crippen LogP contribution in [0.2, 0.25) is 0 Å². The molecule has 1 aliphatic heterocycles. The zero-order valence-corrected chi connectivity index (χ0v) is 11.6. The maximum atomic E-state index is 5.56. The summed E-state index contributed by atoms with van der Waals surface area (Å²) < 4.78 is 0. The number of anilines is 2. The van der Waals surface area contributed by atoms with Gasteiger partial charge in [0.25, 0.3) is 0 Å². The highest BCUT2D eigenvalue weighted by Gasteiger charge is 2.30. The normalized spacial score (nSPS) is 23.8. The van der Waals surface area contributed by atoms with E-state index in [1.807, 2.05) is 0 Å². The maximum Gasteiger partial charge on any atom is 0.148 e. The number of hydrogen-bond acceptors (Lipinski definition) is 5. The minimum atomic E-state index is 0.343. The fourth-order valence-corrected chi connectivity index (χ4v) is 2.86. The second-order valence-electron chi connectivity index (χ2n) is 5.60. The van der Waals surface area contributed by atoms with E-state index in [1.165, 1.54) is 6.42 Å². The molecule has 0 aromatic carbocycles. The lowest BCUT2D eigenvalue weighted by Crippen LogP contribution is -2.29. The highest BCUT2D eigenvalue weighted by atomic mass is 15.3. The van der Waals surface area contributed by atoms with Crippen LogP contribution in [-0.4, -0.2) is 22.6 Å². The summed E-state index contributed by atoms with van der Waals surface area (Å²) in [7, 11) is 0. The maximum absolute atomic E-state index is 5.56. The third-order valence-corrected chi connectivity index (χ3v) is 3.63. The van der Waals surface area contributed by atoms with Crippen molar-refractivity contribution in [1.82, 2.24) is 9.97 Å². The summed E-state index contributed by atoms with van der Waals surface area (Å²) in [5, 5.41) is 0. The van der Waals surface area contributed by atoms with E-state index in [2.05, 4.69) is 48.0 Å². The Bertz CT molecular complexity index is 418. The van der Waals surface area contributed by atoms with Gasteiger partial charge in [-0.1, -0.05) is 20.8 Å². The van der Waals surface area contributed by atoms with Crippen LogP contribution in [0, 0.1) is 5.92 Å². The summed E-state index contributed by atoms with van der Waals surface area (Å²) in [5.41, 5.74) is 3.80. The molecule has 0 amide bonds. The summed E-state index contributed by atoms with van der Waals surface area (Å²) >= 11 is 0. The number of nitrogens with one attached hydrogen (secondary N) is 1. The first kappa shape index (κ1) is 13.1. The molecule has 0 radical (unpaired) electrons. The molecule has 2 unspecified atom stereocenters. The van der Waals surface area contributed by atoms with Crippen LogP contribution in [0.1, 0.15) is 45.6 Å². The molecular formula is C13H23N5. The standard InChI is InChI=1S/C13H23N5/c1-8(2)11-12(17-14)15-7-16-13(11)18-6-9(3)5-10(18)4/h7-10H,5-6,14H2,1-4H3,(H,15,16,17). The molecule has 18 heavy (non-hydrogen) atoms. The van der Waals surface area contributed by atoms with E-state index in [0.29, 0.717) is 17.9 Å². The summed E-state index contributed by atoms with van der Waals surface area (Å²) in [6, 6.07) is 0.526. The Morgan fingerprint density at radius 3 is 2.61 bits per heavy atom. The predicted octanol–water partition coefficient (Wildman–Crippen LogP) is 2.12. The fraction of sp³-hybridized carbons (Fsp3) is 0.692. The van der Waals surface area contributed by atoms with E-state index < -0.39 is 0 Å². The van der Waals surface area contributed by atoms with Crippen LogP contribution in [0.5, 0.6) is 0 Å². The quantitative estimate of drug-likeness (QED) is 0.634. The van der Waals surface area contributed by atoms with Crippen molar-refractivity contribution in [1.29, 1.82) is 0 Å². The number of rotatable bonds is 3. The number of nitrogens with zero attached hydrogens (tertiary/aromatic N) is 3. The van der Waals surface area contributed by atoms with E-state index in [0.717, 1.165) is 23.7 Å². The van der Waals surface area contributed by atoms with Gasteiger partial charge < -0.3 is 10.3 Å². The van der Waals surface area contributed by atoms with Gasteiger partial charge in [-0.25, -0.2) is 15.8 Å². The SMILES string of the molecule is CC1CC(C)N(c2ncnc(NN)c2C(C)C)C1. The van der Waals surface area contributed by atoms with Crippen molar-refractivity contribution in [3.8, 4) is 0 Å². The van der Waals surface area contributed by atoms with Gasteiger partial charge in [-0.3, -0.25) is 0 Å². The summed E-state index contributed by atoms with van der Waals surface area (Å²) in [4.78, 5) is 11.1. The van der Waals surface area contributed by atoms with E-state index in [-0.39, 0.29) is 0 Å². The van der Waals surface area contributed by atoms with Crippen LogP contribution in [0.25, 0.3) is 0 Å². The second kappa shape index (κ2) is 5.10. The van der Waals surface area contributed by atoms with Crippen molar-refractivity contribution < 1.29 is 0 Å². The molecule has 1 aromatic rings. The lowest BCUT2D eigenvalue weighted by atomic mass is 10.0. The van der Waals surface area contributed by atoms with Crippen LogP contribution < -0.4 is 16.2 Å². The van der Waals surface area contributed by atoms with Crippen molar-refractivity contribution in [2.45, 2.75) is 46.1 Å². The van der Waals surface area contributed by atoms with Gasteiger partial charge in [0.1, 0.15) is 18.0 Å². The van der Waals surface area contributed by atoms with Gasteiger partial charge in [-0.05, 0) is 25.2 Å². The van der Waals surface area contributed by atoms with Gasteiger partial charge in [-0.2, -0.15) is 0 Å². The molecule has 0 bridgehead atoms. The minimum Gasteiger partial charge on any atom is -0.353 e. The summed E-state index contributed by atoms with van der Waals surface area (Å²) in [6.45, 7) is 9.89. The summed E-state index contributed by atoms with van der Waals surface area (Å²) in [6.07, 6.45) is 2.80. The van der Waals surface area contributed by atoms with E-state index in [1.54, 1.807) is 6.33 Å². The molecule has 1 saturated heterocycles. The van der Waals surface area contributed by atoms with Crippen LogP contribution >= 0.6 is 0 Å². The van der Waals surface area contributed by atoms with Crippen molar-refractivity contribution >= 4 is 11.6 Å². The van der Waals surface area contributed by atoms with Gasteiger partial charge >= 0.3 is 0 Å². The molecule has 5 nitrogen and oxygen atoms in total. The van der Waals surface area contributed by atoms with Crippen molar-refractivity contribution in [3.63, 3.8) is 0 Å². The molecule has 1 fully saturated rings. The Labute approximate surface area is 109 Å². The number of hydrogen-bond donors (Lipinski definition) is 2. The Kier molecular flexibility index (Phi) is 3.71. The number of nitrogens with two attached hydrogens (primary N) is 1. The van der Waals surface area contributed by atoms with Crippen molar-refractivity contribution in [3.05, 3.63) is 11.9 Å². The molecule has 100 valence electrons. The molecule has 1 aromatic heterocycles. The zero-order valence-electron chi connectivity index (χ0n) is 11.6. The van der Waals surface area contributed by atoms with Crippen molar-refractivity contribution in [2.75, 3.05) is 16.9 Å². The number of nitrogen functional groups attached to an aromatic ring is 1. The highest BCUT2D eigenvalue weighted by Crippen LogP contribution is 2.35. The lowest BCUT2D eigenvalue weighted by Gasteiger charge is -2.27. The average Bonchev–Trinajstić information content (AvgIpc) is 2.67. The number of aromatic nitrogens is 2. The molecule has 1 aliphatic rings. The van der Waals surface area contributed by atoms with Gasteiger partial charge in [0.15, 0.2) is 0 Å². The Hall–Kier alpha value is -1.36. The van der Waals surface area contributed by atoms with E-state index in [9.17, 15) is 0 Å². The Morgan fingerprint density at radius 1 is 1.39 bits per heavy atom. The predicted molar refractivity (Wildman–Crippen MR) is 74.5 cm³/mol. The van der Waals surface area contributed by atoms with Crippen LogP contribution in [0.3, 0.4) is 0 Å². The van der Waals surface area contributed by atoms with Crippen LogP contribution in [0.15, 0.2) is 6.33 Å². The van der Waals surface area contributed by atoms with Crippen LogP contribution in [0.4, 0.5) is 11.6 Å². The first-order valence-electron chi connectivity index (χ1n) is 6.62. The first-order chi connectivity index (χ1) is 8.54. The molecule has 0 saturated carbocycles. The first-order valence-corrected chi connectivity index (χ1v) is 6.62. The molecule has 2 rings (SSSR count). The molecule has 0 aliphatic carbocycles. The second-order valence-corrected chi connectivity index (χ2v) is 5.60. The lowest BCUT2D eigenvalue weighted by molar-refractivity contribution is 0.625. The third kappa shape index (κ3) is 2.27. The monoisotopic (exact) mass is 249 g/mol. The molecule has 2 atom stereocenters. The van der Waals surface area contributed by atoms with E-state index in [4.69, 9.17) is 5.84 Å². The zero-order chi connectivity index (χ0) is 13.3. The fourth-order valence-electron chi connectivity index (χ4n) is 2.86.